The second-order valence-corrected chi connectivity index (χ2v) is 4.06. The minimum absolute atomic E-state index is 0.752. The van der Waals surface area contributed by atoms with E-state index in [-0.39, 0.29) is 0 Å². The molecule has 0 radical (unpaired) electrons. The molecule has 0 amide bonds. The highest BCUT2D eigenvalue weighted by molar-refractivity contribution is 9.10. The summed E-state index contributed by atoms with van der Waals surface area (Å²) in [6, 6.07) is 0. The number of hydrazine groups is 1. The fraction of sp³-hybridized carbons (Fsp3) is 0.500. The summed E-state index contributed by atoms with van der Waals surface area (Å²) in [5.41, 5.74) is 1.90. The molecule has 14 heavy (non-hydrogen) atoms. The molecule has 2 N–H and O–H groups in total. The summed E-state index contributed by atoms with van der Waals surface area (Å²) in [7, 11) is 1.89. The first kappa shape index (κ1) is 9.67. The van der Waals surface area contributed by atoms with Crippen LogP contribution in [0.2, 0.25) is 0 Å². The molecule has 0 atom stereocenters. The summed E-state index contributed by atoms with van der Waals surface area (Å²) in [6.07, 6.45) is 0. The number of nitrogens with zero attached hydrogens (tertiary/aromatic N) is 4. The fourth-order valence-corrected chi connectivity index (χ4v) is 2.06. The Morgan fingerprint density at radius 2 is 2.21 bits per heavy atom. The van der Waals surface area contributed by atoms with Crippen molar-refractivity contribution in [1.82, 2.24) is 14.8 Å². The Kier molecular flexibility index (Phi) is 2.32. The number of rotatable bonds is 1. The van der Waals surface area contributed by atoms with Crippen molar-refractivity contribution >= 4 is 21.8 Å². The highest BCUT2D eigenvalue weighted by Gasteiger charge is 2.22. The van der Waals surface area contributed by atoms with Gasteiger partial charge in [0.05, 0.1) is 23.3 Å². The third kappa shape index (κ3) is 1.34. The lowest BCUT2D eigenvalue weighted by atomic mass is 10.3. The van der Waals surface area contributed by atoms with Gasteiger partial charge in [-0.15, -0.1) is 0 Å². The summed E-state index contributed by atoms with van der Waals surface area (Å²) in [5, 5.41) is 5.95. The molecule has 0 aliphatic carbocycles. The Morgan fingerprint density at radius 3 is 2.64 bits per heavy atom. The van der Waals surface area contributed by atoms with Gasteiger partial charge in [-0.3, -0.25) is 14.7 Å². The van der Waals surface area contributed by atoms with E-state index in [1.807, 2.05) is 14.0 Å². The molecule has 76 valence electrons. The van der Waals surface area contributed by atoms with Crippen LogP contribution in [0.5, 0.6) is 0 Å². The quantitative estimate of drug-likeness (QED) is 0.743. The number of hydrogen-bond acceptors (Lipinski definition) is 4. The molecule has 0 bridgehead atoms. The van der Waals surface area contributed by atoms with E-state index in [0.717, 1.165) is 34.8 Å². The molecule has 6 heteroatoms. The molecule has 0 fully saturated rings. The minimum atomic E-state index is 0.752. The van der Waals surface area contributed by atoms with Gasteiger partial charge in [-0.25, -0.2) is 5.84 Å². The van der Waals surface area contributed by atoms with E-state index in [1.54, 1.807) is 9.69 Å². The van der Waals surface area contributed by atoms with Gasteiger partial charge in [0, 0.05) is 7.05 Å². The number of nitrogens with two attached hydrogens (primary N) is 1. The zero-order valence-electron chi connectivity index (χ0n) is 8.16. The van der Waals surface area contributed by atoms with Crippen LogP contribution < -0.4 is 5.84 Å². The summed E-state index contributed by atoms with van der Waals surface area (Å²) >= 11 is 3.49. The van der Waals surface area contributed by atoms with Gasteiger partial charge in [-0.1, -0.05) is 0 Å². The Labute approximate surface area is 90.7 Å². The van der Waals surface area contributed by atoms with Crippen molar-refractivity contribution in [1.29, 1.82) is 0 Å². The van der Waals surface area contributed by atoms with Gasteiger partial charge in [-0.2, -0.15) is 5.10 Å². The van der Waals surface area contributed by atoms with Gasteiger partial charge in [-0.05, 0) is 22.9 Å². The lowest BCUT2D eigenvalue weighted by Crippen LogP contribution is -2.36. The molecule has 2 rings (SSSR count). The molecule has 1 aliphatic rings. The Balaban J connectivity index is 2.50. The van der Waals surface area contributed by atoms with E-state index in [4.69, 9.17) is 5.84 Å². The molecule has 0 aromatic carbocycles. The van der Waals surface area contributed by atoms with Crippen LogP contribution >= 0.6 is 15.9 Å². The molecule has 0 spiro atoms. The third-order valence-electron chi connectivity index (χ3n) is 2.24. The van der Waals surface area contributed by atoms with Gasteiger partial charge >= 0.3 is 0 Å². The van der Waals surface area contributed by atoms with Crippen molar-refractivity contribution in [3.63, 3.8) is 0 Å². The normalized spacial score (nSPS) is 16.3. The lowest BCUT2D eigenvalue weighted by molar-refractivity contribution is 0.481. The summed E-state index contributed by atoms with van der Waals surface area (Å²) < 4.78 is 2.76. The predicted molar refractivity (Wildman–Crippen MR) is 57.9 cm³/mol. The van der Waals surface area contributed by atoms with Crippen molar-refractivity contribution in [2.75, 3.05) is 13.1 Å². The van der Waals surface area contributed by atoms with Crippen LogP contribution in [0.4, 0.5) is 0 Å². The van der Waals surface area contributed by atoms with Crippen molar-refractivity contribution < 1.29 is 0 Å². The molecule has 0 saturated heterocycles. The first-order chi connectivity index (χ1) is 6.61. The third-order valence-corrected chi connectivity index (χ3v) is 3.18. The molecule has 5 nitrogen and oxygen atoms in total. The second-order valence-electron chi connectivity index (χ2n) is 3.27. The van der Waals surface area contributed by atoms with E-state index in [2.05, 4.69) is 26.0 Å². The molecular formula is C8H12BrN5. The predicted octanol–water partition coefficient (Wildman–Crippen LogP) is 0.427. The number of aromatic nitrogens is 2. The number of aliphatic imine (C=N–C) groups is 1. The summed E-state index contributed by atoms with van der Waals surface area (Å²) in [4.78, 5) is 4.35. The van der Waals surface area contributed by atoms with Crippen LogP contribution in [0.3, 0.4) is 0 Å². The van der Waals surface area contributed by atoms with Crippen molar-refractivity contribution in [2.45, 2.75) is 6.92 Å². The molecule has 0 unspecified atom stereocenters. The highest BCUT2D eigenvalue weighted by atomic mass is 79.9. The van der Waals surface area contributed by atoms with E-state index in [9.17, 15) is 0 Å². The maximum Gasteiger partial charge on any atom is 0.165 e. The van der Waals surface area contributed by atoms with E-state index >= 15 is 0 Å². The van der Waals surface area contributed by atoms with Crippen molar-refractivity contribution in [3.05, 3.63) is 15.9 Å². The van der Waals surface area contributed by atoms with E-state index in [1.165, 1.54) is 0 Å². The average Bonchev–Trinajstić information content (AvgIpc) is 2.60. The number of aryl methyl sites for hydroxylation is 2. The van der Waals surface area contributed by atoms with Crippen LogP contribution in [-0.4, -0.2) is 33.7 Å². The first-order valence-corrected chi connectivity index (χ1v) is 5.16. The van der Waals surface area contributed by atoms with Gasteiger partial charge in [0.1, 0.15) is 5.69 Å². The number of amidine groups is 1. The van der Waals surface area contributed by atoms with Crippen LogP contribution in [0, 0.1) is 6.92 Å². The van der Waals surface area contributed by atoms with E-state index < -0.39 is 0 Å². The van der Waals surface area contributed by atoms with Crippen molar-refractivity contribution in [2.24, 2.45) is 17.9 Å². The first-order valence-electron chi connectivity index (χ1n) is 4.37. The zero-order chi connectivity index (χ0) is 10.3. The van der Waals surface area contributed by atoms with Crippen LogP contribution in [0.1, 0.15) is 11.4 Å². The number of hydrogen-bond donors (Lipinski definition) is 1. The number of halogens is 1. The molecule has 1 aromatic heterocycles. The zero-order valence-corrected chi connectivity index (χ0v) is 9.74. The molecule has 1 aromatic rings. The summed E-state index contributed by atoms with van der Waals surface area (Å²) in [5.74, 6) is 6.60. The smallest absolute Gasteiger partial charge is 0.165 e. The van der Waals surface area contributed by atoms with Crippen LogP contribution in [0.25, 0.3) is 0 Å². The van der Waals surface area contributed by atoms with E-state index in [0.29, 0.717) is 0 Å². The van der Waals surface area contributed by atoms with Crippen molar-refractivity contribution in [3.8, 4) is 0 Å². The Bertz CT molecular complexity index is 395. The van der Waals surface area contributed by atoms with Crippen LogP contribution in [0.15, 0.2) is 9.47 Å². The van der Waals surface area contributed by atoms with Gasteiger partial charge in [0.15, 0.2) is 5.84 Å². The molecular weight excluding hydrogens is 246 g/mol. The average molecular weight is 258 g/mol. The standard InChI is InChI=1S/C8H12BrN5/c1-5-6(9)7(13(2)12-5)8-11-3-4-14(8)10/h3-4,10H2,1-2H3. The van der Waals surface area contributed by atoms with Crippen LogP contribution in [-0.2, 0) is 7.05 Å². The maximum absolute atomic E-state index is 5.80. The Morgan fingerprint density at radius 1 is 1.50 bits per heavy atom. The SMILES string of the molecule is Cc1nn(C)c(C2=NCCN2N)c1Br. The van der Waals surface area contributed by atoms with Gasteiger partial charge in [0.2, 0.25) is 0 Å². The molecule has 0 saturated carbocycles. The fourth-order valence-electron chi connectivity index (χ4n) is 1.55. The molecule has 2 heterocycles. The van der Waals surface area contributed by atoms with Gasteiger partial charge < -0.3 is 0 Å². The minimum Gasteiger partial charge on any atom is -0.291 e. The summed E-state index contributed by atoms with van der Waals surface area (Å²) in [6.45, 7) is 3.47. The second kappa shape index (κ2) is 3.36. The largest absolute Gasteiger partial charge is 0.291 e. The maximum atomic E-state index is 5.80. The highest BCUT2D eigenvalue weighted by Crippen LogP contribution is 2.22. The van der Waals surface area contributed by atoms with Gasteiger partial charge in [0.25, 0.3) is 0 Å². The molecule has 1 aliphatic heterocycles. The Hall–Kier alpha value is -0.880. The monoisotopic (exact) mass is 257 g/mol. The lowest BCUT2D eigenvalue weighted by Gasteiger charge is -2.13. The topological polar surface area (TPSA) is 59.4 Å².